The molecular formula is C19H33N3O2. The van der Waals surface area contributed by atoms with Crippen molar-refractivity contribution in [3.8, 4) is 0 Å². The zero-order valence-corrected chi connectivity index (χ0v) is 15.6. The average molecular weight is 335 g/mol. The highest BCUT2D eigenvalue weighted by molar-refractivity contribution is 5.65. The largest absolute Gasteiger partial charge is 0.465 e. The van der Waals surface area contributed by atoms with Crippen LogP contribution >= 0.6 is 0 Å². The molecule has 4 N–H and O–H groups in total. The summed E-state index contributed by atoms with van der Waals surface area (Å²) >= 11 is 0. The van der Waals surface area contributed by atoms with Crippen LogP contribution in [0.4, 0.5) is 4.79 Å². The Kier molecular flexibility index (Phi) is 8.22. The minimum Gasteiger partial charge on any atom is -0.465 e. The van der Waals surface area contributed by atoms with E-state index < -0.39 is 6.09 Å². The molecule has 0 bridgehead atoms. The first-order chi connectivity index (χ1) is 11.2. The van der Waals surface area contributed by atoms with Gasteiger partial charge in [-0.05, 0) is 53.0 Å². The van der Waals surface area contributed by atoms with Crippen LogP contribution in [0, 0.1) is 0 Å². The molecule has 0 radical (unpaired) electrons. The van der Waals surface area contributed by atoms with Crippen LogP contribution < -0.4 is 16.0 Å². The Morgan fingerprint density at radius 2 is 1.71 bits per heavy atom. The van der Waals surface area contributed by atoms with E-state index in [9.17, 15) is 4.79 Å². The van der Waals surface area contributed by atoms with Crippen molar-refractivity contribution in [1.82, 2.24) is 16.0 Å². The van der Waals surface area contributed by atoms with E-state index in [0.29, 0.717) is 18.1 Å². The maximum Gasteiger partial charge on any atom is 0.405 e. The number of carbonyl (C=O) groups is 1. The molecule has 2 rings (SSSR count). The number of nitrogens with one attached hydrogen (secondary N) is 3. The predicted octanol–water partition coefficient (Wildman–Crippen LogP) is 3.36. The van der Waals surface area contributed by atoms with E-state index in [1.807, 2.05) is 0 Å². The van der Waals surface area contributed by atoms with Crippen molar-refractivity contribution in [2.24, 2.45) is 0 Å². The SMILES string of the molecule is CC(C)(C)NC(=O)O.CC1CC(NCc2ccccc2)CC(C)N1. The fourth-order valence-corrected chi connectivity index (χ4v) is 2.92. The van der Waals surface area contributed by atoms with Gasteiger partial charge in [0.15, 0.2) is 0 Å². The Morgan fingerprint density at radius 3 is 2.12 bits per heavy atom. The summed E-state index contributed by atoms with van der Waals surface area (Å²) < 4.78 is 0. The van der Waals surface area contributed by atoms with Gasteiger partial charge in [-0.25, -0.2) is 4.79 Å². The third-order valence-electron chi connectivity index (χ3n) is 3.76. The average Bonchev–Trinajstić information content (AvgIpc) is 2.43. The van der Waals surface area contributed by atoms with E-state index in [-0.39, 0.29) is 5.54 Å². The molecule has 1 heterocycles. The van der Waals surface area contributed by atoms with E-state index in [1.54, 1.807) is 20.8 Å². The van der Waals surface area contributed by atoms with Gasteiger partial charge < -0.3 is 21.1 Å². The highest BCUT2D eigenvalue weighted by Crippen LogP contribution is 2.13. The molecule has 1 aliphatic rings. The molecule has 1 amide bonds. The Labute approximate surface area is 146 Å². The van der Waals surface area contributed by atoms with E-state index in [4.69, 9.17) is 5.11 Å². The minimum atomic E-state index is -0.975. The molecule has 1 fully saturated rings. The summed E-state index contributed by atoms with van der Waals surface area (Å²) in [5.74, 6) is 0. The van der Waals surface area contributed by atoms with E-state index >= 15 is 0 Å². The molecule has 2 unspecified atom stereocenters. The zero-order chi connectivity index (χ0) is 18.2. The monoisotopic (exact) mass is 335 g/mol. The van der Waals surface area contributed by atoms with Crippen LogP contribution in [0.25, 0.3) is 0 Å². The lowest BCUT2D eigenvalue weighted by atomic mass is 9.95. The number of benzene rings is 1. The fraction of sp³-hybridized carbons (Fsp3) is 0.632. The van der Waals surface area contributed by atoms with E-state index in [2.05, 4.69) is 60.1 Å². The van der Waals surface area contributed by atoms with Crippen molar-refractivity contribution in [2.75, 3.05) is 0 Å². The molecule has 0 aliphatic carbocycles. The lowest BCUT2D eigenvalue weighted by Crippen LogP contribution is -2.49. The summed E-state index contributed by atoms with van der Waals surface area (Å²) in [6.45, 7) is 10.9. The first-order valence-electron chi connectivity index (χ1n) is 8.70. The summed E-state index contributed by atoms with van der Waals surface area (Å²) in [7, 11) is 0. The molecule has 0 saturated carbocycles. The summed E-state index contributed by atoms with van der Waals surface area (Å²) in [6, 6.07) is 12.6. The van der Waals surface area contributed by atoms with Crippen LogP contribution in [0.1, 0.15) is 53.0 Å². The molecule has 1 aromatic carbocycles. The van der Waals surface area contributed by atoms with Gasteiger partial charge in [-0.3, -0.25) is 0 Å². The van der Waals surface area contributed by atoms with Gasteiger partial charge in [0.1, 0.15) is 0 Å². The maximum absolute atomic E-state index is 9.90. The van der Waals surface area contributed by atoms with Crippen LogP contribution in [0.3, 0.4) is 0 Å². The van der Waals surface area contributed by atoms with Crippen LogP contribution in [-0.4, -0.2) is 34.9 Å². The quantitative estimate of drug-likeness (QED) is 0.683. The molecule has 0 aromatic heterocycles. The van der Waals surface area contributed by atoms with Gasteiger partial charge in [0, 0.05) is 30.2 Å². The van der Waals surface area contributed by atoms with Gasteiger partial charge in [0.2, 0.25) is 0 Å². The van der Waals surface area contributed by atoms with Gasteiger partial charge in [-0.1, -0.05) is 30.3 Å². The Bertz CT molecular complexity index is 475. The molecule has 24 heavy (non-hydrogen) atoms. The summed E-state index contributed by atoms with van der Waals surface area (Å²) in [4.78, 5) is 9.90. The van der Waals surface area contributed by atoms with E-state index in [0.717, 1.165) is 6.54 Å². The molecule has 1 aliphatic heterocycles. The van der Waals surface area contributed by atoms with Crippen molar-refractivity contribution in [1.29, 1.82) is 0 Å². The topological polar surface area (TPSA) is 73.4 Å². The van der Waals surface area contributed by atoms with Gasteiger partial charge in [0.25, 0.3) is 0 Å². The van der Waals surface area contributed by atoms with Gasteiger partial charge in [0.05, 0.1) is 0 Å². The van der Waals surface area contributed by atoms with Crippen LogP contribution in [0.5, 0.6) is 0 Å². The van der Waals surface area contributed by atoms with Crippen LogP contribution in [-0.2, 0) is 6.54 Å². The van der Waals surface area contributed by atoms with Gasteiger partial charge in [-0.15, -0.1) is 0 Å². The predicted molar refractivity (Wildman–Crippen MR) is 99.3 cm³/mol. The number of piperidine rings is 1. The molecule has 1 saturated heterocycles. The smallest absolute Gasteiger partial charge is 0.405 e. The van der Waals surface area contributed by atoms with Crippen LogP contribution in [0.15, 0.2) is 30.3 Å². The van der Waals surface area contributed by atoms with Crippen molar-refractivity contribution < 1.29 is 9.90 Å². The Hall–Kier alpha value is -1.59. The maximum atomic E-state index is 9.90. The van der Waals surface area contributed by atoms with Gasteiger partial charge >= 0.3 is 6.09 Å². The number of rotatable bonds is 3. The first kappa shape index (κ1) is 20.5. The van der Waals surface area contributed by atoms with Crippen molar-refractivity contribution >= 4 is 6.09 Å². The third-order valence-corrected chi connectivity index (χ3v) is 3.76. The second kappa shape index (κ2) is 9.64. The molecule has 1 aromatic rings. The number of hydrogen-bond donors (Lipinski definition) is 4. The summed E-state index contributed by atoms with van der Waals surface area (Å²) in [5, 5.41) is 17.7. The molecule has 2 atom stereocenters. The zero-order valence-electron chi connectivity index (χ0n) is 15.6. The second-order valence-electron chi connectivity index (χ2n) is 7.68. The molecule has 5 nitrogen and oxygen atoms in total. The lowest BCUT2D eigenvalue weighted by molar-refractivity contribution is 0.184. The third kappa shape index (κ3) is 9.53. The standard InChI is InChI=1S/C14H22N2.C5H11NO2/c1-11-8-14(9-12(2)16-11)15-10-13-6-4-3-5-7-13;1-5(2,3)6-4(7)8/h3-7,11-12,14-16H,8-10H2,1-2H3;6H,1-3H3,(H,7,8). The Morgan fingerprint density at radius 1 is 1.17 bits per heavy atom. The number of amides is 1. The second-order valence-corrected chi connectivity index (χ2v) is 7.68. The van der Waals surface area contributed by atoms with Crippen molar-refractivity contribution in [3.63, 3.8) is 0 Å². The molecule has 136 valence electrons. The summed E-state index contributed by atoms with van der Waals surface area (Å²) in [6.07, 6.45) is 1.49. The van der Waals surface area contributed by atoms with Crippen molar-refractivity contribution in [3.05, 3.63) is 35.9 Å². The van der Waals surface area contributed by atoms with Crippen molar-refractivity contribution in [2.45, 2.75) is 77.7 Å². The van der Waals surface area contributed by atoms with E-state index in [1.165, 1.54) is 18.4 Å². The highest BCUT2D eigenvalue weighted by Gasteiger charge is 2.22. The molecule has 0 spiro atoms. The summed E-state index contributed by atoms with van der Waals surface area (Å²) in [5.41, 5.74) is 1.05. The highest BCUT2D eigenvalue weighted by atomic mass is 16.4. The fourth-order valence-electron chi connectivity index (χ4n) is 2.92. The first-order valence-corrected chi connectivity index (χ1v) is 8.70. The lowest BCUT2D eigenvalue weighted by Gasteiger charge is -2.33. The normalized spacial score (nSPS) is 23.8. The molecule has 5 heteroatoms. The molecular weight excluding hydrogens is 302 g/mol. The van der Waals surface area contributed by atoms with Gasteiger partial charge in [-0.2, -0.15) is 0 Å². The Balaban J connectivity index is 0.000000307. The number of carboxylic acid groups (broad SMARTS) is 1. The van der Waals surface area contributed by atoms with Crippen LogP contribution in [0.2, 0.25) is 0 Å². The number of hydrogen-bond acceptors (Lipinski definition) is 3. The minimum absolute atomic E-state index is 0.328.